The number of rotatable bonds is 6. The number of benzene rings is 1. The summed E-state index contributed by atoms with van der Waals surface area (Å²) in [5.74, 6) is 0.930. The van der Waals surface area contributed by atoms with Gasteiger partial charge in [-0.1, -0.05) is 43.8 Å². The highest BCUT2D eigenvalue weighted by Gasteiger charge is 2.22. The number of thiophene rings is 1. The summed E-state index contributed by atoms with van der Waals surface area (Å²) in [5.41, 5.74) is 4.09. The van der Waals surface area contributed by atoms with Crippen LogP contribution >= 0.6 is 23.1 Å². The van der Waals surface area contributed by atoms with Gasteiger partial charge in [-0.05, 0) is 42.5 Å². The van der Waals surface area contributed by atoms with Gasteiger partial charge in [-0.25, -0.2) is 0 Å². The molecule has 1 amide bonds. The highest BCUT2D eigenvalue weighted by atomic mass is 32.2. The summed E-state index contributed by atoms with van der Waals surface area (Å²) in [6.45, 7) is 6.10. The highest BCUT2D eigenvalue weighted by molar-refractivity contribution is 8.00. The Hall–Kier alpha value is -2.38. The van der Waals surface area contributed by atoms with Gasteiger partial charge >= 0.3 is 0 Å². The van der Waals surface area contributed by atoms with Crippen LogP contribution in [0.3, 0.4) is 0 Å². The van der Waals surface area contributed by atoms with Crippen molar-refractivity contribution < 1.29 is 4.79 Å². The minimum Gasteiger partial charge on any atom is -0.325 e. The van der Waals surface area contributed by atoms with E-state index in [1.54, 1.807) is 11.3 Å². The van der Waals surface area contributed by atoms with Gasteiger partial charge in [-0.3, -0.25) is 9.20 Å². The molecule has 0 saturated carbocycles. The molecule has 7 heteroatoms. The summed E-state index contributed by atoms with van der Waals surface area (Å²) in [6, 6.07) is 12.1. The Morgan fingerprint density at radius 2 is 2.04 bits per heavy atom. The van der Waals surface area contributed by atoms with Gasteiger partial charge in [0, 0.05) is 12.1 Å². The number of nitrogens with one attached hydrogen (secondary N) is 1. The van der Waals surface area contributed by atoms with Crippen molar-refractivity contribution in [3.05, 3.63) is 53.2 Å². The van der Waals surface area contributed by atoms with Crippen molar-refractivity contribution in [3.8, 4) is 0 Å². The Labute approximate surface area is 172 Å². The lowest BCUT2D eigenvalue weighted by Crippen LogP contribution is -2.25. The van der Waals surface area contributed by atoms with Crippen LogP contribution in [0.5, 0.6) is 0 Å². The second-order valence-corrected chi connectivity index (χ2v) is 8.77. The van der Waals surface area contributed by atoms with Crippen LogP contribution in [0, 0.1) is 6.92 Å². The summed E-state index contributed by atoms with van der Waals surface area (Å²) >= 11 is 3.20. The summed E-state index contributed by atoms with van der Waals surface area (Å²) in [7, 11) is 0. The van der Waals surface area contributed by atoms with Crippen LogP contribution in [0.1, 0.15) is 31.7 Å². The number of hydrogen-bond acceptors (Lipinski definition) is 5. The maximum atomic E-state index is 12.9. The molecule has 3 heterocycles. The summed E-state index contributed by atoms with van der Waals surface area (Å²) in [4.78, 5) is 12.9. The maximum Gasteiger partial charge on any atom is 0.237 e. The fourth-order valence-electron chi connectivity index (χ4n) is 3.26. The van der Waals surface area contributed by atoms with Crippen LogP contribution in [0.2, 0.25) is 0 Å². The van der Waals surface area contributed by atoms with Crippen LogP contribution in [0.25, 0.3) is 15.7 Å². The fraction of sp³-hybridized carbons (Fsp3) is 0.286. The lowest BCUT2D eigenvalue weighted by atomic mass is 10.2. The first-order valence-electron chi connectivity index (χ1n) is 9.39. The predicted octanol–water partition coefficient (Wildman–Crippen LogP) is 5.32. The molecule has 0 bridgehead atoms. The number of aromatic nitrogens is 3. The van der Waals surface area contributed by atoms with Gasteiger partial charge in [0.05, 0.1) is 21.0 Å². The minimum atomic E-state index is -0.238. The van der Waals surface area contributed by atoms with Crippen molar-refractivity contribution in [3.63, 3.8) is 0 Å². The molecule has 28 heavy (non-hydrogen) atoms. The fourth-order valence-corrected chi connectivity index (χ4v) is 5.02. The zero-order valence-corrected chi connectivity index (χ0v) is 17.7. The molecule has 144 valence electrons. The van der Waals surface area contributed by atoms with Gasteiger partial charge in [0.15, 0.2) is 0 Å². The Balaban J connectivity index is 1.66. The molecule has 1 atom stereocenters. The molecule has 0 radical (unpaired) electrons. The number of amides is 1. The second-order valence-electron chi connectivity index (χ2n) is 6.63. The van der Waals surface area contributed by atoms with Gasteiger partial charge in [0.2, 0.25) is 5.91 Å². The van der Waals surface area contributed by atoms with Crippen LogP contribution in [0.15, 0.2) is 46.8 Å². The second kappa shape index (κ2) is 7.93. The third-order valence-electron chi connectivity index (χ3n) is 4.79. The molecule has 4 rings (SSSR count). The Morgan fingerprint density at radius 1 is 1.21 bits per heavy atom. The van der Waals surface area contributed by atoms with Gasteiger partial charge < -0.3 is 5.32 Å². The number of fused-ring (bicyclic) bond motifs is 3. The predicted molar refractivity (Wildman–Crippen MR) is 117 cm³/mol. The van der Waals surface area contributed by atoms with Crippen LogP contribution in [-0.2, 0) is 11.2 Å². The first-order valence-corrected chi connectivity index (χ1v) is 11.2. The number of anilines is 1. The first kappa shape index (κ1) is 19.0. The molecule has 0 saturated heterocycles. The molecule has 0 spiro atoms. The van der Waals surface area contributed by atoms with Crippen LogP contribution in [0.4, 0.5) is 5.69 Å². The zero-order chi connectivity index (χ0) is 19.7. The van der Waals surface area contributed by atoms with Crippen molar-refractivity contribution in [2.45, 2.75) is 43.9 Å². The third-order valence-corrected chi connectivity index (χ3v) is 6.99. The van der Waals surface area contributed by atoms with Crippen molar-refractivity contribution in [2.24, 2.45) is 0 Å². The van der Waals surface area contributed by atoms with Crippen molar-refractivity contribution in [1.29, 1.82) is 0 Å². The quantitative estimate of drug-likeness (QED) is 0.437. The number of hydrogen-bond donors (Lipinski definition) is 1. The smallest absolute Gasteiger partial charge is 0.237 e. The SMILES string of the molecule is CCc1nnc(SC(CC)C(=O)Nc2ccccc2C)c2cc3sccc3n12. The molecule has 1 unspecified atom stereocenters. The van der Waals surface area contributed by atoms with E-state index in [2.05, 4.69) is 44.4 Å². The van der Waals surface area contributed by atoms with E-state index in [9.17, 15) is 4.79 Å². The van der Waals surface area contributed by atoms with Crippen molar-refractivity contribution in [2.75, 3.05) is 5.32 Å². The maximum absolute atomic E-state index is 12.9. The monoisotopic (exact) mass is 410 g/mol. The van der Waals surface area contributed by atoms with E-state index < -0.39 is 0 Å². The number of nitrogens with zero attached hydrogens (tertiary/aromatic N) is 3. The molecule has 1 N–H and O–H groups in total. The molecule has 4 aromatic rings. The summed E-state index contributed by atoms with van der Waals surface area (Å²) in [6.07, 6.45) is 1.51. The average molecular weight is 411 g/mol. The molecule has 5 nitrogen and oxygen atoms in total. The number of aryl methyl sites for hydroxylation is 2. The zero-order valence-electron chi connectivity index (χ0n) is 16.1. The van der Waals surface area contributed by atoms with Crippen molar-refractivity contribution in [1.82, 2.24) is 14.6 Å². The Morgan fingerprint density at radius 3 is 2.79 bits per heavy atom. The van der Waals surface area contributed by atoms with E-state index in [-0.39, 0.29) is 11.2 Å². The van der Waals surface area contributed by atoms with Gasteiger partial charge in [0.25, 0.3) is 0 Å². The van der Waals surface area contributed by atoms with Gasteiger partial charge in [-0.15, -0.1) is 21.5 Å². The van der Waals surface area contributed by atoms with E-state index >= 15 is 0 Å². The minimum absolute atomic E-state index is 0.00492. The van der Waals surface area contributed by atoms with Gasteiger partial charge in [0.1, 0.15) is 10.9 Å². The number of carbonyl (C=O) groups excluding carboxylic acids is 1. The highest BCUT2D eigenvalue weighted by Crippen LogP contribution is 2.34. The third kappa shape index (κ3) is 3.40. The average Bonchev–Trinajstić information content (AvgIpc) is 3.29. The number of para-hydroxylation sites is 1. The van der Waals surface area contributed by atoms with E-state index in [0.29, 0.717) is 6.42 Å². The lowest BCUT2D eigenvalue weighted by Gasteiger charge is -2.16. The van der Waals surface area contributed by atoms with Crippen LogP contribution < -0.4 is 5.32 Å². The number of thioether (sulfide) groups is 1. The Kier molecular flexibility index (Phi) is 5.37. The topological polar surface area (TPSA) is 59.3 Å². The molecular formula is C21H22N4OS2. The van der Waals surface area contributed by atoms with Crippen LogP contribution in [-0.4, -0.2) is 25.8 Å². The molecule has 0 aliphatic carbocycles. The molecule has 0 aliphatic heterocycles. The van der Waals surface area contributed by atoms with E-state index in [0.717, 1.165) is 39.6 Å². The van der Waals surface area contributed by atoms with Gasteiger partial charge in [-0.2, -0.15) is 0 Å². The molecule has 3 aromatic heterocycles. The van der Waals surface area contributed by atoms with E-state index in [1.165, 1.54) is 16.5 Å². The standard InChI is InChI=1S/C21H22N4OS2/c1-4-17(20(26)22-14-9-7-6-8-13(14)3)28-21-16-12-18-15(10-11-27-18)25(16)19(5-2)23-24-21/h6-12,17H,4-5H2,1-3H3,(H,22,26). The lowest BCUT2D eigenvalue weighted by molar-refractivity contribution is -0.115. The normalized spacial score (nSPS) is 12.5. The van der Waals surface area contributed by atoms with E-state index in [1.807, 2.05) is 38.1 Å². The molecular weight excluding hydrogens is 388 g/mol. The largest absolute Gasteiger partial charge is 0.325 e. The first-order chi connectivity index (χ1) is 13.6. The molecule has 0 aliphatic rings. The van der Waals surface area contributed by atoms with E-state index in [4.69, 9.17) is 0 Å². The van der Waals surface area contributed by atoms with Crippen molar-refractivity contribution >= 4 is 50.4 Å². The molecule has 1 aromatic carbocycles. The summed E-state index contributed by atoms with van der Waals surface area (Å²) < 4.78 is 3.39. The number of carbonyl (C=O) groups is 1. The Bertz CT molecular complexity index is 1150. The molecule has 0 fully saturated rings. The summed E-state index contributed by atoms with van der Waals surface area (Å²) in [5, 5.41) is 14.6.